The second-order valence-corrected chi connectivity index (χ2v) is 10.3. The second-order valence-electron chi connectivity index (χ2n) is 5.98. The summed E-state index contributed by atoms with van der Waals surface area (Å²) in [4.78, 5) is 5.22. The number of hydrogen-bond donors (Lipinski definition) is 0. The Labute approximate surface area is 115 Å². The van der Waals surface area contributed by atoms with Crippen molar-refractivity contribution >= 4 is 8.32 Å². The van der Waals surface area contributed by atoms with E-state index in [9.17, 15) is 0 Å². The van der Waals surface area contributed by atoms with E-state index in [1.807, 2.05) is 0 Å². The first-order valence-corrected chi connectivity index (χ1v) is 10.8. The summed E-state index contributed by atoms with van der Waals surface area (Å²) < 4.78 is 5.88. The average molecular weight is 273 g/mol. The molecule has 1 rings (SSSR count). The van der Waals surface area contributed by atoms with Gasteiger partial charge >= 0.3 is 0 Å². The van der Waals surface area contributed by atoms with E-state index in [1.54, 1.807) is 0 Å². The van der Waals surface area contributed by atoms with Gasteiger partial charge in [0.25, 0.3) is 0 Å². The first-order chi connectivity index (χ1) is 8.57. The molecule has 3 nitrogen and oxygen atoms in total. The molecule has 0 radical (unpaired) electrons. The van der Waals surface area contributed by atoms with Crippen molar-refractivity contribution < 1.29 is 4.43 Å². The average Bonchev–Trinajstić information content (AvgIpc) is 2.31. The van der Waals surface area contributed by atoms with Crippen LogP contribution in [0.2, 0.25) is 19.1 Å². The van der Waals surface area contributed by atoms with E-state index >= 15 is 0 Å². The van der Waals surface area contributed by atoms with E-state index in [4.69, 9.17) is 4.43 Å². The van der Waals surface area contributed by atoms with E-state index < -0.39 is 8.32 Å². The Kier molecular flexibility index (Phi) is 7.45. The minimum atomic E-state index is -1.35. The highest BCUT2D eigenvalue weighted by atomic mass is 28.4. The summed E-state index contributed by atoms with van der Waals surface area (Å²) in [5, 5.41) is 0. The number of piperazine rings is 1. The van der Waals surface area contributed by atoms with E-state index in [2.05, 4.69) is 36.7 Å². The third kappa shape index (κ3) is 6.32. The molecule has 18 heavy (non-hydrogen) atoms. The molecule has 108 valence electrons. The molecule has 0 amide bonds. The molecule has 0 aromatic rings. The lowest BCUT2D eigenvalue weighted by atomic mass is 10.3. The van der Waals surface area contributed by atoms with Crippen molar-refractivity contribution in [3.63, 3.8) is 0 Å². The summed E-state index contributed by atoms with van der Waals surface area (Å²) in [5.74, 6) is 0. The third-order valence-electron chi connectivity index (χ3n) is 3.79. The molecule has 0 unspecified atom stereocenters. The smallest absolute Gasteiger partial charge is 0.186 e. The lowest BCUT2D eigenvalue weighted by Crippen LogP contribution is -2.46. The topological polar surface area (TPSA) is 15.7 Å². The molecule has 0 aliphatic carbocycles. The molecule has 0 atom stereocenters. The van der Waals surface area contributed by atoms with Crippen LogP contribution in [0.1, 0.15) is 26.7 Å². The molecular formula is C14H32N2OSi. The summed E-state index contributed by atoms with van der Waals surface area (Å²) >= 11 is 0. The number of hydrogen-bond acceptors (Lipinski definition) is 3. The van der Waals surface area contributed by atoms with Gasteiger partial charge in [-0.15, -0.1) is 0 Å². The standard InChI is InChI=1S/C14H32N2OSi/c1-5-8-15-10-12-16(13-11-15)9-7-14-18(3,4)17-6-2/h5-14H2,1-4H3. The van der Waals surface area contributed by atoms with Crippen molar-refractivity contribution in [1.29, 1.82) is 0 Å². The minimum Gasteiger partial charge on any atom is -0.418 e. The summed E-state index contributed by atoms with van der Waals surface area (Å²) in [5.41, 5.74) is 0. The Bertz CT molecular complexity index is 216. The summed E-state index contributed by atoms with van der Waals surface area (Å²) in [6.07, 6.45) is 2.60. The van der Waals surface area contributed by atoms with E-state index in [0.717, 1.165) is 6.61 Å². The predicted molar refractivity (Wildman–Crippen MR) is 81.7 cm³/mol. The van der Waals surface area contributed by atoms with Crippen LogP contribution < -0.4 is 0 Å². The fourth-order valence-corrected chi connectivity index (χ4v) is 4.68. The monoisotopic (exact) mass is 272 g/mol. The molecule has 0 saturated carbocycles. The van der Waals surface area contributed by atoms with Gasteiger partial charge in [0.1, 0.15) is 0 Å². The molecule has 0 N–H and O–H groups in total. The van der Waals surface area contributed by atoms with E-state index in [1.165, 1.54) is 58.2 Å². The lowest BCUT2D eigenvalue weighted by Gasteiger charge is -2.35. The maximum absolute atomic E-state index is 5.88. The molecule has 4 heteroatoms. The Hall–Kier alpha value is 0.0969. The van der Waals surface area contributed by atoms with Gasteiger partial charge in [0, 0.05) is 32.8 Å². The molecule has 0 bridgehead atoms. The van der Waals surface area contributed by atoms with Crippen molar-refractivity contribution in [3.05, 3.63) is 0 Å². The van der Waals surface area contributed by atoms with Gasteiger partial charge in [0.05, 0.1) is 0 Å². The van der Waals surface area contributed by atoms with Gasteiger partial charge in [0.2, 0.25) is 0 Å². The molecule has 1 aliphatic rings. The first-order valence-electron chi connectivity index (χ1n) is 7.66. The van der Waals surface area contributed by atoms with E-state index in [-0.39, 0.29) is 0 Å². The zero-order valence-corrected chi connectivity index (χ0v) is 13.9. The molecular weight excluding hydrogens is 240 g/mol. The van der Waals surface area contributed by atoms with Crippen molar-refractivity contribution in [2.24, 2.45) is 0 Å². The Morgan fingerprint density at radius 2 is 1.50 bits per heavy atom. The Balaban J connectivity index is 2.11. The lowest BCUT2D eigenvalue weighted by molar-refractivity contribution is 0.132. The number of nitrogens with zero attached hydrogens (tertiary/aromatic N) is 2. The van der Waals surface area contributed by atoms with Gasteiger partial charge in [-0.2, -0.15) is 0 Å². The Morgan fingerprint density at radius 1 is 0.944 bits per heavy atom. The van der Waals surface area contributed by atoms with Crippen LogP contribution in [0, 0.1) is 0 Å². The van der Waals surface area contributed by atoms with Gasteiger partial charge < -0.3 is 14.2 Å². The van der Waals surface area contributed by atoms with Crippen molar-refractivity contribution in [2.45, 2.75) is 45.8 Å². The van der Waals surface area contributed by atoms with Gasteiger partial charge in [-0.25, -0.2) is 0 Å². The largest absolute Gasteiger partial charge is 0.418 e. The normalized spacial score (nSPS) is 19.3. The van der Waals surface area contributed by atoms with Crippen LogP contribution in [0.3, 0.4) is 0 Å². The van der Waals surface area contributed by atoms with Crippen molar-refractivity contribution in [2.75, 3.05) is 45.9 Å². The van der Waals surface area contributed by atoms with Crippen LogP contribution in [-0.2, 0) is 4.43 Å². The van der Waals surface area contributed by atoms with Gasteiger partial charge in [-0.1, -0.05) is 6.92 Å². The van der Waals surface area contributed by atoms with Crippen LogP contribution in [0.15, 0.2) is 0 Å². The molecule has 0 aromatic carbocycles. The van der Waals surface area contributed by atoms with Crippen LogP contribution in [0.25, 0.3) is 0 Å². The molecule has 1 aliphatic heterocycles. The van der Waals surface area contributed by atoms with Crippen LogP contribution in [0.5, 0.6) is 0 Å². The van der Waals surface area contributed by atoms with Crippen LogP contribution in [0.4, 0.5) is 0 Å². The zero-order valence-electron chi connectivity index (χ0n) is 12.9. The molecule has 1 heterocycles. The van der Waals surface area contributed by atoms with Gasteiger partial charge in [0.15, 0.2) is 8.32 Å². The SMILES string of the molecule is CCCN1CCN(CCC[Si](C)(C)OCC)CC1. The fraction of sp³-hybridized carbons (Fsp3) is 1.00. The minimum absolute atomic E-state index is 0.884. The zero-order chi connectivity index (χ0) is 13.4. The quantitative estimate of drug-likeness (QED) is 0.632. The maximum atomic E-state index is 5.88. The second kappa shape index (κ2) is 8.30. The van der Waals surface area contributed by atoms with E-state index in [0.29, 0.717) is 0 Å². The van der Waals surface area contributed by atoms with Crippen LogP contribution in [-0.4, -0.2) is 64.0 Å². The molecule has 0 aromatic heterocycles. The predicted octanol–water partition coefficient (Wildman–Crippen LogP) is 2.65. The van der Waals surface area contributed by atoms with Crippen LogP contribution >= 0.6 is 0 Å². The summed E-state index contributed by atoms with van der Waals surface area (Å²) in [7, 11) is -1.35. The van der Waals surface area contributed by atoms with Crippen molar-refractivity contribution in [3.8, 4) is 0 Å². The maximum Gasteiger partial charge on any atom is 0.186 e. The molecule has 0 spiro atoms. The van der Waals surface area contributed by atoms with Crippen molar-refractivity contribution in [1.82, 2.24) is 9.80 Å². The molecule has 1 saturated heterocycles. The molecule has 1 fully saturated rings. The van der Waals surface area contributed by atoms with Gasteiger partial charge in [-0.3, -0.25) is 0 Å². The highest BCUT2D eigenvalue weighted by molar-refractivity contribution is 6.71. The number of rotatable bonds is 8. The Morgan fingerprint density at radius 3 is 2.00 bits per heavy atom. The summed E-state index contributed by atoms with van der Waals surface area (Å²) in [6, 6.07) is 1.30. The third-order valence-corrected chi connectivity index (χ3v) is 6.42. The fourth-order valence-electron chi connectivity index (χ4n) is 2.74. The van der Waals surface area contributed by atoms with Gasteiger partial charge in [-0.05, 0) is 52.0 Å². The first kappa shape index (κ1) is 16.2. The summed E-state index contributed by atoms with van der Waals surface area (Å²) in [6.45, 7) is 17.5. The highest BCUT2D eigenvalue weighted by Gasteiger charge is 2.22. The highest BCUT2D eigenvalue weighted by Crippen LogP contribution is 2.14.